The normalized spacial score (nSPS) is 13.5. The van der Waals surface area contributed by atoms with E-state index < -0.39 is 0 Å². The number of hydrogen-bond donors (Lipinski definition) is 2. The minimum atomic E-state index is -0.0172. The van der Waals surface area contributed by atoms with E-state index in [9.17, 15) is 4.79 Å². The third-order valence-corrected chi connectivity index (χ3v) is 4.77. The van der Waals surface area contributed by atoms with Crippen LogP contribution in [0.2, 0.25) is 0 Å². The smallest absolute Gasteiger partial charge is 0.251 e. The molecule has 0 heterocycles. The molecule has 116 valence electrons. The molecular weight excluding hydrogens is 298 g/mol. The lowest BCUT2D eigenvalue weighted by Crippen LogP contribution is -2.31. The van der Waals surface area contributed by atoms with Gasteiger partial charge in [-0.05, 0) is 48.6 Å². The summed E-state index contributed by atoms with van der Waals surface area (Å²) in [6, 6.07) is 7.89. The number of nitrogens with one attached hydrogen (secondary N) is 1. The van der Waals surface area contributed by atoms with Gasteiger partial charge in [0.2, 0.25) is 0 Å². The number of carbonyl (C=O) groups is 1. The molecular formula is C17H25NOS2. The van der Waals surface area contributed by atoms with Crippen LogP contribution in [0.5, 0.6) is 0 Å². The molecule has 1 N–H and O–H groups in total. The highest BCUT2D eigenvalue weighted by Crippen LogP contribution is 2.25. The van der Waals surface area contributed by atoms with Crippen LogP contribution < -0.4 is 5.32 Å². The Labute approximate surface area is 138 Å². The second-order valence-corrected chi connectivity index (χ2v) is 6.50. The summed E-state index contributed by atoms with van der Waals surface area (Å²) in [7, 11) is 0. The molecule has 0 spiro atoms. The Hall–Kier alpha value is -0.870. The first kappa shape index (κ1) is 18.2. The van der Waals surface area contributed by atoms with E-state index in [1.165, 1.54) is 0 Å². The van der Waals surface area contributed by atoms with Crippen LogP contribution in [-0.2, 0) is 0 Å². The van der Waals surface area contributed by atoms with Crippen molar-refractivity contribution in [3.05, 3.63) is 42.0 Å². The first-order valence-electron chi connectivity index (χ1n) is 7.23. The van der Waals surface area contributed by atoms with E-state index in [-0.39, 0.29) is 11.9 Å². The van der Waals surface area contributed by atoms with Gasteiger partial charge in [0.1, 0.15) is 0 Å². The van der Waals surface area contributed by atoms with E-state index in [1.807, 2.05) is 31.2 Å². The van der Waals surface area contributed by atoms with E-state index in [0.29, 0.717) is 11.5 Å². The Morgan fingerprint density at radius 2 is 1.90 bits per heavy atom. The largest absolute Gasteiger partial charge is 0.350 e. The van der Waals surface area contributed by atoms with Crippen molar-refractivity contribution < 1.29 is 4.79 Å². The minimum Gasteiger partial charge on any atom is -0.350 e. The van der Waals surface area contributed by atoms with Crippen LogP contribution in [0.25, 0.3) is 5.57 Å². The molecule has 0 aromatic heterocycles. The molecule has 0 saturated carbocycles. The Balaban J connectivity index is 2.77. The average Bonchev–Trinajstić information content (AvgIpc) is 2.51. The van der Waals surface area contributed by atoms with Crippen molar-refractivity contribution in [2.45, 2.75) is 26.3 Å². The topological polar surface area (TPSA) is 29.1 Å². The van der Waals surface area contributed by atoms with Gasteiger partial charge in [0, 0.05) is 23.3 Å². The van der Waals surface area contributed by atoms with E-state index >= 15 is 0 Å². The zero-order chi connectivity index (χ0) is 15.8. The molecule has 0 saturated heterocycles. The summed E-state index contributed by atoms with van der Waals surface area (Å²) < 4.78 is 0. The lowest BCUT2D eigenvalue weighted by molar-refractivity contribution is 0.0939. The van der Waals surface area contributed by atoms with Gasteiger partial charge in [-0.15, -0.1) is 0 Å². The number of thioether (sulfide) groups is 1. The van der Waals surface area contributed by atoms with E-state index in [2.05, 4.69) is 37.7 Å². The number of amides is 1. The van der Waals surface area contributed by atoms with Crippen molar-refractivity contribution in [2.24, 2.45) is 5.92 Å². The number of allylic oxidation sites excluding steroid dienone is 1. The molecule has 1 aromatic rings. The van der Waals surface area contributed by atoms with Crippen LogP contribution in [0.15, 0.2) is 30.8 Å². The zero-order valence-electron chi connectivity index (χ0n) is 13.1. The quantitative estimate of drug-likeness (QED) is 0.704. The third kappa shape index (κ3) is 5.44. The summed E-state index contributed by atoms with van der Waals surface area (Å²) in [5.74, 6) is 2.15. The van der Waals surface area contributed by atoms with Gasteiger partial charge in [0.05, 0.1) is 0 Å². The molecule has 0 radical (unpaired) electrons. The Morgan fingerprint density at radius 1 is 1.33 bits per heavy atom. The number of hydrogen-bond acceptors (Lipinski definition) is 3. The summed E-state index contributed by atoms with van der Waals surface area (Å²) in [6.07, 6.45) is 3.02. The van der Waals surface area contributed by atoms with Gasteiger partial charge in [-0.3, -0.25) is 4.79 Å². The summed E-state index contributed by atoms with van der Waals surface area (Å²) >= 11 is 6.20. The van der Waals surface area contributed by atoms with Crippen LogP contribution in [0.1, 0.15) is 36.2 Å². The van der Waals surface area contributed by atoms with Crippen LogP contribution in [-0.4, -0.2) is 29.7 Å². The van der Waals surface area contributed by atoms with E-state index in [1.54, 1.807) is 11.8 Å². The highest BCUT2D eigenvalue weighted by atomic mass is 32.2. The second kappa shape index (κ2) is 9.21. The van der Waals surface area contributed by atoms with Crippen molar-refractivity contribution in [3.8, 4) is 0 Å². The molecule has 0 aliphatic carbocycles. The van der Waals surface area contributed by atoms with Crippen molar-refractivity contribution in [3.63, 3.8) is 0 Å². The van der Waals surface area contributed by atoms with Gasteiger partial charge in [-0.25, -0.2) is 0 Å². The lowest BCUT2D eigenvalue weighted by Gasteiger charge is -2.17. The van der Waals surface area contributed by atoms with Crippen LogP contribution in [0.4, 0.5) is 0 Å². The zero-order valence-corrected chi connectivity index (χ0v) is 14.8. The Morgan fingerprint density at radius 3 is 2.38 bits per heavy atom. The number of benzene rings is 1. The van der Waals surface area contributed by atoms with Crippen molar-refractivity contribution >= 4 is 35.9 Å². The Bertz CT molecular complexity index is 470. The van der Waals surface area contributed by atoms with Gasteiger partial charge in [-0.2, -0.15) is 24.4 Å². The SMILES string of the molecule is C=C(c1ccc(C(=O)NC(C)CC)cc1)C(CS)CSC. The fourth-order valence-electron chi connectivity index (χ4n) is 1.95. The van der Waals surface area contributed by atoms with Crippen LogP contribution >= 0.6 is 24.4 Å². The molecule has 2 nitrogen and oxygen atoms in total. The monoisotopic (exact) mass is 323 g/mol. The first-order valence-corrected chi connectivity index (χ1v) is 9.26. The molecule has 0 aliphatic rings. The summed E-state index contributed by atoms with van der Waals surface area (Å²) in [6.45, 7) is 8.25. The molecule has 0 aliphatic heterocycles. The molecule has 21 heavy (non-hydrogen) atoms. The van der Waals surface area contributed by atoms with Crippen molar-refractivity contribution in [1.82, 2.24) is 5.32 Å². The average molecular weight is 324 g/mol. The first-order chi connectivity index (χ1) is 10.0. The van der Waals surface area contributed by atoms with E-state index in [4.69, 9.17) is 0 Å². The molecule has 2 atom stereocenters. The predicted molar refractivity (Wildman–Crippen MR) is 98.4 cm³/mol. The number of thiol groups is 1. The summed E-state index contributed by atoms with van der Waals surface area (Å²) in [5.41, 5.74) is 2.87. The van der Waals surface area contributed by atoms with Crippen molar-refractivity contribution in [2.75, 3.05) is 17.8 Å². The molecule has 1 amide bonds. The maximum absolute atomic E-state index is 12.0. The fraction of sp³-hybridized carbons (Fsp3) is 0.471. The second-order valence-electron chi connectivity index (χ2n) is 5.22. The maximum Gasteiger partial charge on any atom is 0.251 e. The molecule has 2 unspecified atom stereocenters. The summed E-state index contributed by atoms with van der Waals surface area (Å²) in [4.78, 5) is 12.0. The number of carbonyl (C=O) groups excluding carboxylic acids is 1. The van der Waals surface area contributed by atoms with Gasteiger partial charge in [-0.1, -0.05) is 25.6 Å². The molecule has 1 aromatic carbocycles. The standard InChI is InChI=1S/C17H25NOS2/c1-5-12(2)18-17(19)15-8-6-14(7-9-15)13(3)16(10-20)11-21-4/h6-9,12,16,20H,3,5,10-11H2,1-2,4H3,(H,18,19). The summed E-state index contributed by atoms with van der Waals surface area (Å²) in [5, 5.41) is 2.97. The lowest BCUT2D eigenvalue weighted by atomic mass is 9.96. The molecule has 0 bridgehead atoms. The Kier molecular flexibility index (Phi) is 7.97. The highest BCUT2D eigenvalue weighted by molar-refractivity contribution is 7.98. The van der Waals surface area contributed by atoms with E-state index in [0.717, 1.165) is 29.1 Å². The molecule has 0 fully saturated rings. The predicted octanol–water partition coefficient (Wildman–Crippen LogP) is 4.14. The van der Waals surface area contributed by atoms with Gasteiger partial charge in [0.25, 0.3) is 5.91 Å². The van der Waals surface area contributed by atoms with Crippen molar-refractivity contribution in [1.29, 1.82) is 0 Å². The third-order valence-electron chi connectivity index (χ3n) is 3.59. The fourth-order valence-corrected chi connectivity index (χ4v) is 3.19. The van der Waals surface area contributed by atoms with Crippen LogP contribution in [0.3, 0.4) is 0 Å². The molecule has 4 heteroatoms. The van der Waals surface area contributed by atoms with Gasteiger partial charge in [0.15, 0.2) is 0 Å². The van der Waals surface area contributed by atoms with Gasteiger partial charge < -0.3 is 5.32 Å². The number of rotatable bonds is 8. The van der Waals surface area contributed by atoms with Gasteiger partial charge >= 0.3 is 0 Å². The van der Waals surface area contributed by atoms with Crippen LogP contribution in [0, 0.1) is 5.92 Å². The highest BCUT2D eigenvalue weighted by Gasteiger charge is 2.13. The maximum atomic E-state index is 12.0. The minimum absolute atomic E-state index is 0.0172. The molecule has 1 rings (SSSR count).